The molecule has 0 aromatic heterocycles. The normalized spacial score (nSPS) is 36.5. The van der Waals surface area contributed by atoms with Crippen molar-refractivity contribution in [3.63, 3.8) is 0 Å². The van der Waals surface area contributed by atoms with Crippen molar-refractivity contribution in [2.75, 3.05) is 13.2 Å². The van der Waals surface area contributed by atoms with Crippen molar-refractivity contribution in [3.8, 4) is 0 Å². The summed E-state index contributed by atoms with van der Waals surface area (Å²) >= 11 is 5.93. The highest BCUT2D eigenvalue weighted by Gasteiger charge is 2.51. The Labute approximate surface area is 171 Å². The standard InChI is InChI=1S/C23H28ClNO3/c24-20-3-1-15(2-4-20)10-19-11-21(26)25(22(19)27)5-6-28-23-12-16-7-17(13-23)9-18(8-16)14-23/h1-4,16-19H,5-14H2/t16?,17?,18?,19-,23?/m0/s1. The summed E-state index contributed by atoms with van der Waals surface area (Å²) in [5, 5.41) is 0.682. The minimum Gasteiger partial charge on any atom is -0.373 e. The molecule has 6 rings (SSSR count). The van der Waals surface area contributed by atoms with Gasteiger partial charge < -0.3 is 4.74 Å². The van der Waals surface area contributed by atoms with Crippen LogP contribution in [0.25, 0.3) is 0 Å². The number of rotatable bonds is 6. The third-order valence-corrected chi connectivity index (χ3v) is 7.69. The van der Waals surface area contributed by atoms with E-state index < -0.39 is 0 Å². The summed E-state index contributed by atoms with van der Waals surface area (Å²) in [6, 6.07) is 7.52. The highest BCUT2D eigenvalue weighted by atomic mass is 35.5. The Morgan fingerprint density at radius 2 is 1.61 bits per heavy atom. The van der Waals surface area contributed by atoms with Gasteiger partial charge in [0.15, 0.2) is 0 Å². The molecule has 4 aliphatic carbocycles. The molecule has 1 aromatic rings. The van der Waals surface area contributed by atoms with E-state index in [1.54, 1.807) is 0 Å². The largest absolute Gasteiger partial charge is 0.373 e. The number of halogens is 1. The minimum atomic E-state index is -0.256. The molecule has 0 radical (unpaired) electrons. The first kappa shape index (κ1) is 18.6. The Morgan fingerprint density at radius 1 is 1.00 bits per heavy atom. The molecule has 1 aromatic carbocycles. The fraction of sp³-hybridized carbons (Fsp3) is 0.652. The summed E-state index contributed by atoms with van der Waals surface area (Å²) in [4.78, 5) is 26.6. The Morgan fingerprint density at radius 3 is 2.21 bits per heavy atom. The molecule has 4 nitrogen and oxygen atoms in total. The van der Waals surface area contributed by atoms with Crippen molar-refractivity contribution in [1.82, 2.24) is 4.90 Å². The predicted octanol–water partition coefficient (Wildman–Crippen LogP) is 4.24. The maximum atomic E-state index is 12.8. The molecular formula is C23H28ClNO3. The SMILES string of the molecule is O=C1C[C@H](Cc2ccc(Cl)cc2)C(=O)N1CCOC12CC3CC(CC(C3)C1)C2. The van der Waals surface area contributed by atoms with Crippen LogP contribution in [0.2, 0.25) is 5.02 Å². The summed E-state index contributed by atoms with van der Waals surface area (Å²) < 4.78 is 6.41. The number of carbonyl (C=O) groups is 2. The number of hydrogen-bond donors (Lipinski definition) is 0. The molecule has 0 N–H and O–H groups in total. The van der Waals surface area contributed by atoms with Crippen molar-refractivity contribution in [1.29, 1.82) is 0 Å². The van der Waals surface area contributed by atoms with Gasteiger partial charge in [-0.1, -0.05) is 23.7 Å². The number of amides is 2. The molecule has 28 heavy (non-hydrogen) atoms. The second-order valence-corrected chi connectivity index (χ2v) is 10.0. The maximum absolute atomic E-state index is 12.8. The average Bonchev–Trinajstić information content (AvgIpc) is 2.90. The first-order chi connectivity index (χ1) is 13.5. The zero-order valence-electron chi connectivity index (χ0n) is 16.2. The van der Waals surface area contributed by atoms with E-state index in [1.807, 2.05) is 24.3 Å². The van der Waals surface area contributed by atoms with Gasteiger partial charge in [-0.15, -0.1) is 0 Å². The van der Waals surface area contributed by atoms with Gasteiger partial charge >= 0.3 is 0 Å². The van der Waals surface area contributed by atoms with Crippen molar-refractivity contribution >= 4 is 23.4 Å². The lowest BCUT2D eigenvalue weighted by Gasteiger charge is -2.56. The van der Waals surface area contributed by atoms with Crippen LogP contribution in [0.15, 0.2) is 24.3 Å². The Hall–Kier alpha value is -1.39. The number of carbonyl (C=O) groups excluding carboxylic acids is 2. The summed E-state index contributed by atoms with van der Waals surface area (Å²) in [6.45, 7) is 0.883. The van der Waals surface area contributed by atoms with Crippen LogP contribution in [0.5, 0.6) is 0 Å². The number of imide groups is 1. The lowest BCUT2D eigenvalue weighted by atomic mass is 9.54. The first-order valence-electron chi connectivity index (χ1n) is 10.7. The molecule has 2 amide bonds. The molecule has 0 unspecified atom stereocenters. The Balaban J connectivity index is 1.16. The molecular weight excluding hydrogens is 374 g/mol. The number of likely N-dealkylation sites (tertiary alicyclic amines) is 1. The highest BCUT2D eigenvalue weighted by molar-refractivity contribution is 6.30. The number of ether oxygens (including phenoxy) is 1. The van der Waals surface area contributed by atoms with E-state index in [2.05, 4.69) is 0 Å². The molecule has 4 bridgehead atoms. The van der Waals surface area contributed by atoms with Gasteiger partial charge in [-0.25, -0.2) is 0 Å². The van der Waals surface area contributed by atoms with Crippen LogP contribution in [0, 0.1) is 23.7 Å². The van der Waals surface area contributed by atoms with E-state index in [0.717, 1.165) is 23.3 Å². The third-order valence-electron chi connectivity index (χ3n) is 7.44. The lowest BCUT2D eigenvalue weighted by molar-refractivity contribution is -0.167. The molecule has 0 spiro atoms. The van der Waals surface area contributed by atoms with Crippen LogP contribution in [-0.4, -0.2) is 35.5 Å². The van der Waals surface area contributed by atoms with Gasteiger partial charge in [-0.05, 0) is 80.4 Å². The summed E-state index contributed by atoms with van der Waals surface area (Å²) in [5.74, 6) is 2.15. The quantitative estimate of drug-likeness (QED) is 0.669. The van der Waals surface area contributed by atoms with Crippen molar-refractivity contribution in [3.05, 3.63) is 34.9 Å². The minimum absolute atomic E-state index is 0.0310. The highest BCUT2D eigenvalue weighted by Crippen LogP contribution is 2.57. The van der Waals surface area contributed by atoms with Gasteiger partial charge in [-0.3, -0.25) is 14.5 Å². The maximum Gasteiger partial charge on any atom is 0.233 e. The van der Waals surface area contributed by atoms with Gasteiger partial charge in [-0.2, -0.15) is 0 Å². The molecule has 4 saturated carbocycles. The molecule has 1 saturated heterocycles. The van der Waals surface area contributed by atoms with E-state index >= 15 is 0 Å². The van der Waals surface area contributed by atoms with Crippen LogP contribution in [-0.2, 0) is 20.7 Å². The molecule has 5 aliphatic rings. The molecule has 1 heterocycles. The fourth-order valence-corrected chi connectivity index (χ4v) is 6.74. The summed E-state index contributed by atoms with van der Waals surface area (Å²) in [6.07, 6.45) is 8.60. The topological polar surface area (TPSA) is 46.6 Å². The second-order valence-electron chi connectivity index (χ2n) is 9.56. The van der Waals surface area contributed by atoms with Crippen LogP contribution >= 0.6 is 11.6 Å². The van der Waals surface area contributed by atoms with E-state index in [0.29, 0.717) is 31.0 Å². The van der Waals surface area contributed by atoms with Crippen molar-refractivity contribution in [2.45, 2.75) is 57.0 Å². The number of nitrogens with zero attached hydrogens (tertiary/aromatic N) is 1. The lowest BCUT2D eigenvalue weighted by Crippen LogP contribution is -2.52. The Bertz CT molecular complexity index is 739. The van der Waals surface area contributed by atoms with Crippen LogP contribution in [0.3, 0.4) is 0 Å². The van der Waals surface area contributed by atoms with Gasteiger partial charge in [0.2, 0.25) is 11.8 Å². The third kappa shape index (κ3) is 3.50. The summed E-state index contributed by atoms with van der Waals surface area (Å²) in [7, 11) is 0. The van der Waals surface area contributed by atoms with Gasteiger partial charge in [0.05, 0.1) is 24.7 Å². The second kappa shape index (κ2) is 7.14. The Kier molecular flexibility index (Phi) is 4.75. The van der Waals surface area contributed by atoms with Gasteiger partial charge in [0, 0.05) is 11.4 Å². The smallest absolute Gasteiger partial charge is 0.233 e. The van der Waals surface area contributed by atoms with E-state index in [-0.39, 0.29) is 23.3 Å². The van der Waals surface area contributed by atoms with Crippen LogP contribution < -0.4 is 0 Å². The molecule has 1 atom stereocenters. The number of hydrogen-bond acceptors (Lipinski definition) is 3. The molecule has 1 aliphatic heterocycles. The number of benzene rings is 1. The monoisotopic (exact) mass is 401 g/mol. The van der Waals surface area contributed by atoms with Crippen LogP contribution in [0.1, 0.15) is 50.5 Å². The predicted molar refractivity (Wildman–Crippen MR) is 107 cm³/mol. The van der Waals surface area contributed by atoms with Crippen molar-refractivity contribution < 1.29 is 14.3 Å². The van der Waals surface area contributed by atoms with Crippen LogP contribution in [0.4, 0.5) is 0 Å². The summed E-state index contributed by atoms with van der Waals surface area (Å²) in [5.41, 5.74) is 1.07. The van der Waals surface area contributed by atoms with Gasteiger partial charge in [0.1, 0.15) is 0 Å². The zero-order valence-corrected chi connectivity index (χ0v) is 17.0. The molecule has 5 heteroatoms. The van der Waals surface area contributed by atoms with Crippen molar-refractivity contribution in [2.24, 2.45) is 23.7 Å². The van der Waals surface area contributed by atoms with E-state index in [4.69, 9.17) is 16.3 Å². The molecule has 150 valence electrons. The van der Waals surface area contributed by atoms with Gasteiger partial charge in [0.25, 0.3) is 0 Å². The fourth-order valence-electron chi connectivity index (χ4n) is 6.61. The van der Waals surface area contributed by atoms with E-state index in [9.17, 15) is 9.59 Å². The zero-order chi connectivity index (χ0) is 19.3. The molecule has 5 fully saturated rings. The van der Waals surface area contributed by atoms with E-state index in [1.165, 1.54) is 43.4 Å². The average molecular weight is 402 g/mol. The first-order valence-corrected chi connectivity index (χ1v) is 11.1.